The second-order valence-corrected chi connectivity index (χ2v) is 4.85. The van der Waals surface area contributed by atoms with Crippen molar-refractivity contribution in [3.05, 3.63) is 28.7 Å². The maximum absolute atomic E-state index is 11.7. The van der Waals surface area contributed by atoms with Crippen LogP contribution in [0.3, 0.4) is 0 Å². The predicted molar refractivity (Wildman–Crippen MR) is 58.2 cm³/mol. The van der Waals surface area contributed by atoms with Crippen LogP contribution in [-0.4, -0.2) is 11.8 Å². The van der Waals surface area contributed by atoms with E-state index in [2.05, 4.69) is 15.9 Å². The number of fused-ring (bicyclic) bond motifs is 1. The van der Waals surface area contributed by atoms with Crippen molar-refractivity contribution in [3.63, 3.8) is 0 Å². The van der Waals surface area contributed by atoms with Crippen LogP contribution in [0.4, 0.5) is 5.69 Å². The van der Waals surface area contributed by atoms with Crippen molar-refractivity contribution in [3.8, 4) is 0 Å². The lowest BCUT2D eigenvalue weighted by Crippen LogP contribution is -2.32. The fourth-order valence-electron chi connectivity index (χ4n) is 2.03. The van der Waals surface area contributed by atoms with Crippen molar-refractivity contribution in [2.45, 2.75) is 6.42 Å². The Kier molecular flexibility index (Phi) is 1.77. The number of carbonyl (C=O) groups is 2. The molecule has 4 heteroatoms. The highest BCUT2D eigenvalue weighted by Crippen LogP contribution is 2.48. The van der Waals surface area contributed by atoms with Gasteiger partial charge in [-0.25, -0.2) is 0 Å². The number of hydrogen-bond donors (Lipinski definition) is 0. The maximum Gasteiger partial charge on any atom is 0.237 e. The Morgan fingerprint density at radius 3 is 2.13 bits per heavy atom. The van der Waals surface area contributed by atoms with Gasteiger partial charge in [0.15, 0.2) is 0 Å². The molecule has 3 nitrogen and oxygen atoms in total. The standard InChI is InChI=1S/C11H8BrNO2/c12-6-1-3-7(4-2-6)13-10(14)8-5-9(8)11(13)15/h1-4,8-9H,5H2. The lowest BCUT2D eigenvalue weighted by Gasteiger charge is -2.16. The second kappa shape index (κ2) is 2.92. The van der Waals surface area contributed by atoms with E-state index in [0.717, 1.165) is 10.9 Å². The molecular weight excluding hydrogens is 258 g/mol. The first-order valence-electron chi connectivity index (χ1n) is 4.82. The van der Waals surface area contributed by atoms with Crippen LogP contribution in [0.1, 0.15) is 6.42 Å². The van der Waals surface area contributed by atoms with Gasteiger partial charge in [0.1, 0.15) is 0 Å². The number of amides is 2. The van der Waals surface area contributed by atoms with Crippen LogP contribution in [0.25, 0.3) is 0 Å². The van der Waals surface area contributed by atoms with E-state index >= 15 is 0 Å². The SMILES string of the molecule is O=C1C2CC2C(=O)N1c1ccc(Br)cc1. The first kappa shape index (κ1) is 9.09. The first-order valence-corrected chi connectivity index (χ1v) is 5.61. The lowest BCUT2D eigenvalue weighted by atomic mass is 10.3. The van der Waals surface area contributed by atoms with Crippen LogP contribution in [0.5, 0.6) is 0 Å². The van der Waals surface area contributed by atoms with Crippen LogP contribution in [0.2, 0.25) is 0 Å². The Labute approximate surface area is 95.2 Å². The quantitative estimate of drug-likeness (QED) is 0.728. The molecule has 76 valence electrons. The molecule has 2 unspecified atom stereocenters. The average molecular weight is 266 g/mol. The van der Waals surface area contributed by atoms with Crippen LogP contribution in [0.15, 0.2) is 28.7 Å². The van der Waals surface area contributed by atoms with E-state index in [9.17, 15) is 9.59 Å². The van der Waals surface area contributed by atoms with Gasteiger partial charge in [-0.3, -0.25) is 14.5 Å². The second-order valence-electron chi connectivity index (χ2n) is 3.94. The number of imide groups is 1. The van der Waals surface area contributed by atoms with Gasteiger partial charge in [0.05, 0.1) is 17.5 Å². The summed E-state index contributed by atoms with van der Waals surface area (Å²) in [4.78, 5) is 24.8. The fraction of sp³-hybridized carbons (Fsp3) is 0.273. The number of halogens is 1. The molecule has 0 spiro atoms. The molecule has 1 saturated carbocycles. The van der Waals surface area contributed by atoms with Gasteiger partial charge >= 0.3 is 0 Å². The summed E-state index contributed by atoms with van der Waals surface area (Å²) in [7, 11) is 0. The molecule has 1 heterocycles. The summed E-state index contributed by atoms with van der Waals surface area (Å²) in [6.45, 7) is 0. The average Bonchev–Trinajstić information content (AvgIpc) is 2.96. The summed E-state index contributed by atoms with van der Waals surface area (Å²) >= 11 is 3.32. The summed E-state index contributed by atoms with van der Waals surface area (Å²) in [6.07, 6.45) is 0.755. The topological polar surface area (TPSA) is 37.4 Å². The molecule has 3 rings (SSSR count). The summed E-state index contributed by atoms with van der Waals surface area (Å²) in [5, 5.41) is 0. The van der Waals surface area contributed by atoms with E-state index in [4.69, 9.17) is 0 Å². The number of nitrogens with zero attached hydrogens (tertiary/aromatic N) is 1. The zero-order chi connectivity index (χ0) is 10.6. The third kappa shape index (κ3) is 1.24. The van der Waals surface area contributed by atoms with Gasteiger partial charge in [-0.05, 0) is 30.7 Å². The molecule has 0 radical (unpaired) electrons. The van der Waals surface area contributed by atoms with Gasteiger partial charge in [-0.1, -0.05) is 15.9 Å². The molecule has 1 aromatic carbocycles. The van der Waals surface area contributed by atoms with Crippen LogP contribution >= 0.6 is 15.9 Å². The van der Waals surface area contributed by atoms with Crippen molar-refractivity contribution in [1.82, 2.24) is 0 Å². The normalized spacial score (nSPS) is 28.2. The minimum Gasteiger partial charge on any atom is -0.274 e. The van der Waals surface area contributed by atoms with E-state index in [1.165, 1.54) is 4.90 Å². The van der Waals surface area contributed by atoms with Gasteiger partial charge < -0.3 is 0 Å². The molecule has 0 aromatic heterocycles. The number of benzene rings is 1. The Balaban J connectivity index is 1.98. The monoisotopic (exact) mass is 265 g/mol. The predicted octanol–water partition coefficient (Wildman–Crippen LogP) is 1.96. The highest BCUT2D eigenvalue weighted by Gasteiger charge is 2.59. The zero-order valence-electron chi connectivity index (χ0n) is 7.81. The highest BCUT2D eigenvalue weighted by molar-refractivity contribution is 9.10. The molecule has 0 N–H and O–H groups in total. The minimum atomic E-state index is -0.0349. The summed E-state index contributed by atoms with van der Waals surface area (Å²) in [6, 6.07) is 7.23. The van der Waals surface area contributed by atoms with E-state index in [1.54, 1.807) is 12.1 Å². The van der Waals surface area contributed by atoms with E-state index in [-0.39, 0.29) is 23.7 Å². The van der Waals surface area contributed by atoms with E-state index in [1.807, 2.05) is 12.1 Å². The molecule has 1 aromatic rings. The Bertz CT molecular complexity index is 434. The molecule has 1 aliphatic carbocycles. The van der Waals surface area contributed by atoms with Crippen molar-refractivity contribution in [1.29, 1.82) is 0 Å². The van der Waals surface area contributed by atoms with Crippen LogP contribution in [-0.2, 0) is 9.59 Å². The summed E-state index contributed by atoms with van der Waals surface area (Å²) < 4.78 is 0.940. The van der Waals surface area contributed by atoms with Gasteiger partial charge in [0.2, 0.25) is 11.8 Å². The van der Waals surface area contributed by atoms with E-state index < -0.39 is 0 Å². The van der Waals surface area contributed by atoms with Crippen LogP contribution < -0.4 is 4.90 Å². The fourth-order valence-corrected chi connectivity index (χ4v) is 2.29. The van der Waals surface area contributed by atoms with Crippen molar-refractivity contribution in [2.24, 2.45) is 11.8 Å². The molecule has 2 fully saturated rings. The number of piperidine rings is 1. The van der Waals surface area contributed by atoms with Gasteiger partial charge in [-0.15, -0.1) is 0 Å². The number of anilines is 1. The number of rotatable bonds is 1. The first-order chi connectivity index (χ1) is 7.18. The Morgan fingerprint density at radius 1 is 1.07 bits per heavy atom. The molecule has 2 atom stereocenters. The largest absolute Gasteiger partial charge is 0.274 e. The van der Waals surface area contributed by atoms with Gasteiger partial charge in [-0.2, -0.15) is 0 Å². The lowest BCUT2D eigenvalue weighted by molar-refractivity contribution is -0.123. The minimum absolute atomic E-state index is 0.0267. The third-order valence-corrected chi connectivity index (χ3v) is 3.48. The van der Waals surface area contributed by atoms with Crippen LogP contribution in [0, 0.1) is 11.8 Å². The van der Waals surface area contributed by atoms with E-state index in [0.29, 0.717) is 5.69 Å². The van der Waals surface area contributed by atoms with Crippen molar-refractivity contribution in [2.75, 3.05) is 4.90 Å². The molecular formula is C11H8BrNO2. The molecule has 15 heavy (non-hydrogen) atoms. The number of carbonyl (C=O) groups excluding carboxylic acids is 2. The van der Waals surface area contributed by atoms with Crippen molar-refractivity contribution >= 4 is 33.4 Å². The summed E-state index contributed by atoms with van der Waals surface area (Å²) in [5.74, 6) is -0.123. The highest BCUT2D eigenvalue weighted by atomic mass is 79.9. The molecule has 1 saturated heterocycles. The number of hydrogen-bond acceptors (Lipinski definition) is 2. The summed E-state index contributed by atoms with van der Waals surface area (Å²) in [5.41, 5.74) is 0.681. The maximum atomic E-state index is 11.7. The molecule has 2 aliphatic rings. The zero-order valence-corrected chi connectivity index (χ0v) is 9.40. The molecule has 1 aliphatic heterocycles. The van der Waals surface area contributed by atoms with Gasteiger partial charge in [0.25, 0.3) is 0 Å². The Hall–Kier alpha value is -1.16. The van der Waals surface area contributed by atoms with Gasteiger partial charge in [0, 0.05) is 4.47 Å². The molecule has 2 amide bonds. The molecule has 0 bridgehead atoms. The third-order valence-electron chi connectivity index (χ3n) is 2.95. The smallest absolute Gasteiger partial charge is 0.237 e. The van der Waals surface area contributed by atoms with Crippen molar-refractivity contribution < 1.29 is 9.59 Å². The Morgan fingerprint density at radius 2 is 1.60 bits per heavy atom.